The summed E-state index contributed by atoms with van der Waals surface area (Å²) in [6, 6.07) is 15.2. The maximum atomic E-state index is 13.6. The molecule has 2 amide bonds. The minimum absolute atomic E-state index is 0.0580. The quantitative estimate of drug-likeness (QED) is 0.325. The van der Waals surface area contributed by atoms with Crippen molar-refractivity contribution in [1.29, 1.82) is 0 Å². The Balaban J connectivity index is 1.20. The normalized spacial score (nSPS) is 17.5. The van der Waals surface area contributed by atoms with Crippen molar-refractivity contribution in [2.45, 2.75) is 25.7 Å². The number of nitrogens with two attached hydrogens (primary N) is 1. The minimum atomic E-state index is -0.472. The molecule has 208 valence electrons. The summed E-state index contributed by atoms with van der Waals surface area (Å²) in [5, 5.41) is 0.915. The van der Waals surface area contributed by atoms with Gasteiger partial charge in [0, 0.05) is 50.4 Å². The third-order valence-corrected chi connectivity index (χ3v) is 9.36. The number of nitrogens with zero attached hydrogens (tertiary/aromatic N) is 3. The van der Waals surface area contributed by atoms with E-state index in [0.29, 0.717) is 27.6 Å². The van der Waals surface area contributed by atoms with Gasteiger partial charge in [-0.1, -0.05) is 41.8 Å². The Labute approximate surface area is 245 Å². The fourth-order valence-corrected chi connectivity index (χ4v) is 6.59. The van der Waals surface area contributed by atoms with Gasteiger partial charge in [0.05, 0.1) is 10.0 Å². The van der Waals surface area contributed by atoms with E-state index in [9.17, 15) is 9.59 Å². The Kier molecular flexibility index (Phi) is 7.87. The molecule has 2 N–H and O–H groups in total. The lowest BCUT2D eigenvalue weighted by Crippen LogP contribution is -2.50. The third kappa shape index (κ3) is 5.51. The summed E-state index contributed by atoms with van der Waals surface area (Å²) >= 11 is 12.4. The number of halogens is 2. The summed E-state index contributed by atoms with van der Waals surface area (Å²) in [6.07, 6.45) is 4.59. The minimum Gasteiger partial charge on any atom is -0.366 e. The molecular weight excluding hydrogens is 543 g/mol. The molecule has 0 spiro atoms. The van der Waals surface area contributed by atoms with Gasteiger partial charge >= 0.3 is 0 Å². The molecule has 0 atom stereocenters. The van der Waals surface area contributed by atoms with Gasteiger partial charge in [-0.05, 0) is 102 Å². The smallest absolute Gasteiger partial charge is 0.253 e. The number of primary amides is 1. The molecule has 0 unspecified atom stereocenters. The van der Waals surface area contributed by atoms with Crippen LogP contribution in [0.5, 0.6) is 0 Å². The molecule has 40 heavy (non-hydrogen) atoms. The molecule has 2 heterocycles. The maximum Gasteiger partial charge on any atom is 0.253 e. The number of piperidine rings is 1. The van der Waals surface area contributed by atoms with Gasteiger partial charge in [0.15, 0.2) is 0 Å². The van der Waals surface area contributed by atoms with E-state index in [4.69, 9.17) is 28.9 Å². The van der Waals surface area contributed by atoms with E-state index in [-0.39, 0.29) is 5.91 Å². The Bertz CT molecular complexity index is 1460. The SMILES string of the molecule is NC(=O)c1cc(-c2ccc(Cl)c(Cl)c2)cc2c1Cc1ccc(C(=O)N3CCN(CCN4CCCCC4)CC3)cc1-2. The van der Waals surface area contributed by atoms with Gasteiger partial charge in [-0.3, -0.25) is 14.5 Å². The largest absolute Gasteiger partial charge is 0.366 e. The van der Waals surface area contributed by atoms with Crippen molar-refractivity contribution >= 4 is 35.0 Å². The van der Waals surface area contributed by atoms with Crippen molar-refractivity contribution in [1.82, 2.24) is 14.7 Å². The number of piperazine rings is 1. The number of benzene rings is 3. The van der Waals surface area contributed by atoms with Crippen LogP contribution < -0.4 is 5.73 Å². The summed E-state index contributed by atoms with van der Waals surface area (Å²) in [4.78, 5) is 33.0. The van der Waals surface area contributed by atoms with Crippen LogP contribution in [0.4, 0.5) is 0 Å². The first kappa shape index (κ1) is 27.3. The summed E-state index contributed by atoms with van der Waals surface area (Å²) in [5.74, 6) is -0.414. The van der Waals surface area contributed by atoms with Gasteiger partial charge in [-0.2, -0.15) is 0 Å². The van der Waals surface area contributed by atoms with Crippen LogP contribution in [-0.2, 0) is 6.42 Å². The number of rotatable bonds is 6. The van der Waals surface area contributed by atoms with E-state index in [1.54, 1.807) is 12.1 Å². The monoisotopic (exact) mass is 576 g/mol. The zero-order valence-electron chi connectivity index (χ0n) is 22.6. The van der Waals surface area contributed by atoms with Gasteiger partial charge in [0.1, 0.15) is 0 Å². The predicted octanol–water partition coefficient (Wildman–Crippen LogP) is 5.57. The van der Waals surface area contributed by atoms with Crippen LogP contribution in [0.1, 0.15) is 51.1 Å². The molecule has 3 aromatic rings. The first-order chi connectivity index (χ1) is 19.4. The Hall–Kier alpha value is -2.90. The van der Waals surface area contributed by atoms with Gasteiger partial charge in [-0.25, -0.2) is 0 Å². The highest BCUT2D eigenvalue weighted by Crippen LogP contribution is 2.42. The van der Waals surface area contributed by atoms with Crippen molar-refractivity contribution in [3.05, 3.63) is 80.8 Å². The zero-order chi connectivity index (χ0) is 27.8. The summed E-state index contributed by atoms with van der Waals surface area (Å²) in [7, 11) is 0. The number of hydrogen-bond acceptors (Lipinski definition) is 4. The van der Waals surface area contributed by atoms with Crippen molar-refractivity contribution in [2.75, 3.05) is 52.4 Å². The van der Waals surface area contributed by atoms with Crippen LogP contribution in [0.3, 0.4) is 0 Å². The van der Waals surface area contributed by atoms with Gasteiger partial charge in [0.2, 0.25) is 5.91 Å². The molecule has 0 saturated carbocycles. The van der Waals surface area contributed by atoms with E-state index in [0.717, 1.165) is 72.6 Å². The Morgan fingerprint density at radius 1 is 0.725 bits per heavy atom. The summed E-state index contributed by atoms with van der Waals surface area (Å²) in [5.41, 5.74) is 12.6. The highest BCUT2D eigenvalue weighted by molar-refractivity contribution is 6.42. The van der Waals surface area contributed by atoms with E-state index in [2.05, 4.69) is 15.9 Å². The molecule has 6 nitrogen and oxygen atoms in total. The van der Waals surface area contributed by atoms with Gasteiger partial charge in [0.25, 0.3) is 5.91 Å². The number of fused-ring (bicyclic) bond motifs is 3. The second-order valence-electron chi connectivity index (χ2n) is 11.1. The van der Waals surface area contributed by atoms with E-state index >= 15 is 0 Å². The van der Waals surface area contributed by atoms with Crippen molar-refractivity contribution in [2.24, 2.45) is 5.73 Å². The Morgan fingerprint density at radius 2 is 1.45 bits per heavy atom. The topological polar surface area (TPSA) is 69.9 Å². The maximum absolute atomic E-state index is 13.6. The molecule has 0 bridgehead atoms. The molecule has 8 heteroatoms. The zero-order valence-corrected chi connectivity index (χ0v) is 24.1. The average molecular weight is 578 g/mol. The van der Waals surface area contributed by atoms with Crippen LogP contribution in [0.25, 0.3) is 22.3 Å². The van der Waals surface area contributed by atoms with Gasteiger partial charge in [-0.15, -0.1) is 0 Å². The number of amides is 2. The van der Waals surface area contributed by atoms with Crippen LogP contribution in [0, 0.1) is 0 Å². The number of carbonyl (C=O) groups excluding carboxylic acids is 2. The Morgan fingerprint density at radius 3 is 2.15 bits per heavy atom. The fraction of sp³-hybridized carbons (Fsp3) is 0.375. The number of carbonyl (C=O) groups is 2. The average Bonchev–Trinajstić information content (AvgIpc) is 3.35. The molecule has 0 aromatic heterocycles. The van der Waals surface area contributed by atoms with Gasteiger partial charge < -0.3 is 15.5 Å². The van der Waals surface area contributed by atoms with E-state index in [1.165, 1.54) is 32.4 Å². The molecular formula is C32H34Cl2N4O2. The molecule has 2 aliphatic heterocycles. The van der Waals surface area contributed by atoms with Crippen molar-refractivity contribution in [3.63, 3.8) is 0 Å². The number of likely N-dealkylation sites (tertiary alicyclic amines) is 1. The molecule has 2 saturated heterocycles. The van der Waals surface area contributed by atoms with E-state index < -0.39 is 5.91 Å². The summed E-state index contributed by atoms with van der Waals surface area (Å²) in [6.45, 7) is 7.91. The molecule has 6 rings (SSSR count). The first-order valence-corrected chi connectivity index (χ1v) is 14.9. The van der Waals surface area contributed by atoms with Crippen molar-refractivity contribution in [3.8, 4) is 22.3 Å². The molecule has 3 aliphatic rings. The third-order valence-electron chi connectivity index (χ3n) is 8.62. The lowest BCUT2D eigenvalue weighted by Gasteiger charge is -2.36. The van der Waals surface area contributed by atoms with Crippen LogP contribution >= 0.6 is 23.2 Å². The predicted molar refractivity (Wildman–Crippen MR) is 161 cm³/mol. The second kappa shape index (κ2) is 11.5. The highest BCUT2D eigenvalue weighted by atomic mass is 35.5. The molecule has 3 aromatic carbocycles. The van der Waals surface area contributed by atoms with Crippen molar-refractivity contribution < 1.29 is 9.59 Å². The van der Waals surface area contributed by atoms with Crippen LogP contribution in [0.15, 0.2) is 48.5 Å². The standard InChI is InChI=1S/C32H34Cl2N4O2/c33-29-7-6-21(20-30(29)34)24-18-26-25-17-23(5-4-22(25)16-27(26)28(19-24)31(35)39)32(40)38-14-12-37(13-15-38)11-10-36-8-2-1-3-9-36/h4-7,17-20H,1-3,8-16H2,(H2,35,39). The van der Waals surface area contributed by atoms with Crippen LogP contribution in [0.2, 0.25) is 10.0 Å². The lowest BCUT2D eigenvalue weighted by molar-refractivity contribution is 0.0619. The lowest BCUT2D eigenvalue weighted by atomic mass is 9.93. The molecule has 0 radical (unpaired) electrons. The highest BCUT2D eigenvalue weighted by Gasteiger charge is 2.28. The molecule has 2 fully saturated rings. The van der Waals surface area contributed by atoms with Crippen LogP contribution in [-0.4, -0.2) is 78.9 Å². The first-order valence-electron chi connectivity index (χ1n) is 14.2. The fourth-order valence-electron chi connectivity index (χ4n) is 6.29. The number of hydrogen-bond donors (Lipinski definition) is 1. The second-order valence-corrected chi connectivity index (χ2v) is 11.9. The summed E-state index contributed by atoms with van der Waals surface area (Å²) < 4.78 is 0. The van der Waals surface area contributed by atoms with E-state index in [1.807, 2.05) is 35.2 Å². The molecule has 1 aliphatic carbocycles.